The number of para-hydroxylation sites is 3. The molecule has 8 aromatic carbocycles. The third-order valence-electron chi connectivity index (χ3n) is 11.6. The molecule has 3 heteroatoms. The van der Waals surface area contributed by atoms with Gasteiger partial charge in [-0.2, -0.15) is 0 Å². The van der Waals surface area contributed by atoms with Crippen molar-refractivity contribution in [2.45, 2.75) is 5.41 Å². The lowest BCUT2D eigenvalue weighted by molar-refractivity contribution is 0.776. The number of rotatable bonds is 2. The van der Waals surface area contributed by atoms with Crippen LogP contribution in [0.1, 0.15) is 22.3 Å². The van der Waals surface area contributed by atoms with Gasteiger partial charge in [-0.3, -0.25) is 4.57 Å². The summed E-state index contributed by atoms with van der Waals surface area (Å²) < 4.78 is 5.00. The van der Waals surface area contributed by atoms with Crippen LogP contribution in [0, 0.1) is 0 Å². The zero-order chi connectivity index (χ0) is 34.7. The van der Waals surface area contributed by atoms with Crippen LogP contribution in [-0.2, 0) is 5.41 Å². The van der Waals surface area contributed by atoms with Crippen molar-refractivity contribution in [3.8, 4) is 50.5 Å². The van der Waals surface area contributed by atoms with Gasteiger partial charge in [0.1, 0.15) is 5.82 Å². The van der Waals surface area contributed by atoms with Crippen molar-refractivity contribution in [3.63, 3.8) is 0 Å². The van der Waals surface area contributed by atoms with E-state index in [9.17, 15) is 0 Å². The minimum atomic E-state index is -0.582. The predicted octanol–water partition coefficient (Wildman–Crippen LogP) is 13.1. The average Bonchev–Trinajstić information content (AvgIpc) is 3.87. The molecule has 0 radical (unpaired) electrons. The smallest absolute Gasteiger partial charge is 0.145 e. The first-order valence-corrected chi connectivity index (χ1v) is 19.0. The maximum atomic E-state index is 5.35. The Hall–Kier alpha value is -6.55. The van der Waals surface area contributed by atoms with Crippen molar-refractivity contribution in [2.24, 2.45) is 0 Å². The van der Waals surface area contributed by atoms with E-state index in [1.807, 2.05) is 11.3 Å². The van der Waals surface area contributed by atoms with Crippen LogP contribution in [0.5, 0.6) is 0 Å². The van der Waals surface area contributed by atoms with Gasteiger partial charge >= 0.3 is 0 Å². The van der Waals surface area contributed by atoms with Gasteiger partial charge in [0.05, 0.1) is 16.4 Å². The zero-order valence-electron chi connectivity index (χ0n) is 28.6. The van der Waals surface area contributed by atoms with Crippen molar-refractivity contribution in [1.82, 2.24) is 9.55 Å². The molecule has 0 aliphatic heterocycles. The molecule has 2 heterocycles. The zero-order valence-corrected chi connectivity index (χ0v) is 29.4. The molecular formula is C50H30N2S. The topological polar surface area (TPSA) is 17.8 Å². The number of aromatic nitrogens is 2. The Bertz CT molecular complexity index is 3130. The lowest BCUT2D eigenvalue weighted by Gasteiger charge is -2.35. The van der Waals surface area contributed by atoms with Crippen LogP contribution in [0.25, 0.3) is 81.7 Å². The van der Waals surface area contributed by atoms with Gasteiger partial charge in [0, 0.05) is 37.0 Å². The molecular weight excluding hydrogens is 661 g/mol. The second-order valence-corrected chi connectivity index (χ2v) is 15.3. The SMILES string of the molecule is c1ccc(-n2c(-c3ccc4c(c3)C3(c5ccccc5-c5ccccc5-4)c4ccccc4-c4c3ccc3c4sc4ccccc43)nc3ccccc32)cc1. The molecule has 12 rings (SSSR count). The summed E-state index contributed by atoms with van der Waals surface area (Å²) in [5, 5.41) is 2.65. The molecule has 1 atom stereocenters. The van der Waals surface area contributed by atoms with Crippen LogP contribution in [0.2, 0.25) is 0 Å². The molecule has 10 aromatic rings. The van der Waals surface area contributed by atoms with Gasteiger partial charge in [-0.05, 0) is 86.5 Å². The van der Waals surface area contributed by atoms with E-state index in [4.69, 9.17) is 4.98 Å². The summed E-state index contributed by atoms with van der Waals surface area (Å²) in [7, 11) is 0. The molecule has 2 aliphatic carbocycles. The van der Waals surface area contributed by atoms with Crippen LogP contribution < -0.4 is 0 Å². The van der Waals surface area contributed by atoms with E-state index in [1.54, 1.807) is 0 Å². The Balaban J connectivity index is 1.26. The summed E-state index contributed by atoms with van der Waals surface area (Å²) in [5.74, 6) is 0.938. The Morgan fingerprint density at radius 2 is 1.09 bits per heavy atom. The molecule has 2 aromatic heterocycles. The summed E-state index contributed by atoms with van der Waals surface area (Å²) in [6, 6.07) is 67.2. The van der Waals surface area contributed by atoms with Crippen LogP contribution in [-0.4, -0.2) is 9.55 Å². The van der Waals surface area contributed by atoms with E-state index in [1.165, 1.54) is 75.8 Å². The van der Waals surface area contributed by atoms with Gasteiger partial charge in [0.2, 0.25) is 0 Å². The highest BCUT2D eigenvalue weighted by Gasteiger charge is 2.50. The maximum absolute atomic E-state index is 5.35. The van der Waals surface area contributed by atoms with Crippen LogP contribution in [0.15, 0.2) is 182 Å². The fourth-order valence-electron chi connectivity index (χ4n) is 9.55. The standard InChI is InChI=1S/C50H30N2S/c1-2-14-32(15-3-1)52-45-24-12-11-23-44(45)51-49(52)31-26-27-36-34-17-5-4-16-33(34)35-18-6-9-21-40(35)50(43(36)30-31)41-22-10-7-20-39(41)47-42(50)29-28-38-37-19-8-13-25-46(37)53-48(38)47/h1-30H. The quantitative estimate of drug-likeness (QED) is 0.177. The molecule has 246 valence electrons. The van der Waals surface area contributed by atoms with E-state index >= 15 is 0 Å². The van der Waals surface area contributed by atoms with Gasteiger partial charge in [0.25, 0.3) is 0 Å². The summed E-state index contributed by atoms with van der Waals surface area (Å²) >= 11 is 1.92. The molecule has 2 aliphatic rings. The largest absolute Gasteiger partial charge is 0.292 e. The molecule has 0 saturated carbocycles. The van der Waals surface area contributed by atoms with E-state index < -0.39 is 5.41 Å². The average molecular weight is 691 g/mol. The third-order valence-corrected chi connectivity index (χ3v) is 12.9. The number of imidazole rings is 1. The molecule has 0 fully saturated rings. The molecule has 53 heavy (non-hydrogen) atoms. The fraction of sp³-hybridized carbons (Fsp3) is 0.0200. The van der Waals surface area contributed by atoms with Crippen LogP contribution in [0.4, 0.5) is 0 Å². The first kappa shape index (κ1) is 29.1. The van der Waals surface area contributed by atoms with Crippen molar-refractivity contribution in [2.75, 3.05) is 0 Å². The second kappa shape index (κ2) is 10.7. The molecule has 2 nitrogen and oxygen atoms in total. The lowest BCUT2D eigenvalue weighted by Crippen LogP contribution is -2.29. The van der Waals surface area contributed by atoms with E-state index in [0.29, 0.717) is 0 Å². The number of hydrogen-bond acceptors (Lipinski definition) is 2. The molecule has 0 saturated heterocycles. The number of hydrogen-bond donors (Lipinski definition) is 0. The lowest BCUT2D eigenvalue weighted by atomic mass is 9.65. The summed E-state index contributed by atoms with van der Waals surface area (Å²) in [6.07, 6.45) is 0. The Labute approximate surface area is 310 Å². The molecule has 0 bridgehead atoms. The van der Waals surface area contributed by atoms with E-state index in [-0.39, 0.29) is 0 Å². The Morgan fingerprint density at radius 3 is 1.92 bits per heavy atom. The van der Waals surface area contributed by atoms with Crippen molar-refractivity contribution in [1.29, 1.82) is 0 Å². The van der Waals surface area contributed by atoms with Gasteiger partial charge in [-0.25, -0.2) is 4.98 Å². The monoisotopic (exact) mass is 690 g/mol. The highest BCUT2D eigenvalue weighted by Crippen LogP contribution is 2.63. The molecule has 1 unspecified atom stereocenters. The normalized spacial score (nSPS) is 15.2. The van der Waals surface area contributed by atoms with Gasteiger partial charge in [-0.1, -0.05) is 146 Å². The van der Waals surface area contributed by atoms with Crippen LogP contribution >= 0.6 is 11.3 Å². The van der Waals surface area contributed by atoms with E-state index in [2.05, 4.69) is 187 Å². The number of thiophene rings is 1. The minimum Gasteiger partial charge on any atom is -0.292 e. The summed E-state index contributed by atoms with van der Waals surface area (Å²) in [4.78, 5) is 5.35. The van der Waals surface area contributed by atoms with Gasteiger partial charge in [-0.15, -0.1) is 11.3 Å². The number of benzene rings is 8. The van der Waals surface area contributed by atoms with Crippen molar-refractivity contribution >= 4 is 42.5 Å². The number of fused-ring (bicyclic) bond motifs is 17. The molecule has 0 amide bonds. The molecule has 0 N–H and O–H groups in total. The Morgan fingerprint density at radius 1 is 0.453 bits per heavy atom. The second-order valence-electron chi connectivity index (χ2n) is 14.2. The molecule has 1 spiro atoms. The third kappa shape index (κ3) is 3.79. The van der Waals surface area contributed by atoms with Crippen molar-refractivity contribution in [3.05, 3.63) is 204 Å². The highest BCUT2D eigenvalue weighted by molar-refractivity contribution is 7.26. The maximum Gasteiger partial charge on any atom is 0.145 e. The summed E-state index contributed by atoms with van der Waals surface area (Å²) in [6.45, 7) is 0. The van der Waals surface area contributed by atoms with Crippen LogP contribution in [0.3, 0.4) is 0 Å². The predicted molar refractivity (Wildman–Crippen MR) is 221 cm³/mol. The van der Waals surface area contributed by atoms with Gasteiger partial charge < -0.3 is 0 Å². The Kier molecular flexibility index (Phi) is 5.89. The first-order valence-electron chi connectivity index (χ1n) is 18.2. The minimum absolute atomic E-state index is 0.582. The highest BCUT2D eigenvalue weighted by atomic mass is 32.1. The van der Waals surface area contributed by atoms with Gasteiger partial charge in [0.15, 0.2) is 0 Å². The number of nitrogens with zero attached hydrogens (tertiary/aromatic N) is 2. The fourth-order valence-corrected chi connectivity index (χ4v) is 10.8. The summed E-state index contributed by atoms with van der Waals surface area (Å²) in [5.41, 5.74) is 16.7. The van der Waals surface area contributed by atoms with E-state index in [0.717, 1.165) is 28.1 Å². The van der Waals surface area contributed by atoms with Crippen molar-refractivity contribution < 1.29 is 0 Å². The first-order chi connectivity index (χ1) is 26.3.